The number of rotatable bonds is 2. The number of benzene rings is 2. The van der Waals surface area contributed by atoms with Crippen LogP contribution in [0.5, 0.6) is 0 Å². The van der Waals surface area contributed by atoms with Gasteiger partial charge >= 0.3 is 6.09 Å². The summed E-state index contributed by atoms with van der Waals surface area (Å²) in [5, 5.41) is 1.31. The number of nitrogens with one attached hydrogen (secondary N) is 1. The molecular formula is C20H22N2O3. The van der Waals surface area contributed by atoms with E-state index < -0.39 is 23.7 Å². The van der Waals surface area contributed by atoms with Crippen LogP contribution < -0.4 is 5.43 Å². The number of hydrazine groups is 1. The van der Waals surface area contributed by atoms with Gasteiger partial charge in [0.2, 0.25) is 5.91 Å². The third-order valence-electron chi connectivity index (χ3n) is 4.00. The standard InChI is InChI=1S/C20H22N2O3/c1-20(2,3)25-19(24)22-17(15-12-8-5-9-13-15)16(18(23)21-22)14-10-6-4-7-11-14/h4-13,16-17H,1-3H3,(H,21,23). The van der Waals surface area contributed by atoms with Crippen LogP contribution in [-0.4, -0.2) is 22.6 Å². The predicted molar refractivity (Wildman–Crippen MR) is 94.6 cm³/mol. The first-order valence-electron chi connectivity index (χ1n) is 8.29. The summed E-state index contributed by atoms with van der Waals surface area (Å²) < 4.78 is 5.48. The molecule has 1 N–H and O–H groups in total. The Labute approximate surface area is 147 Å². The van der Waals surface area contributed by atoms with E-state index in [1.165, 1.54) is 5.01 Å². The topological polar surface area (TPSA) is 58.6 Å². The Balaban J connectivity index is 2.01. The van der Waals surface area contributed by atoms with E-state index in [-0.39, 0.29) is 5.91 Å². The fraction of sp³-hybridized carbons (Fsp3) is 0.300. The molecular weight excluding hydrogens is 316 g/mol. The van der Waals surface area contributed by atoms with Crippen molar-refractivity contribution in [3.63, 3.8) is 0 Å². The number of ether oxygens (including phenoxy) is 1. The van der Waals surface area contributed by atoms with E-state index in [1.807, 2.05) is 60.7 Å². The van der Waals surface area contributed by atoms with Crippen molar-refractivity contribution in [3.05, 3.63) is 71.8 Å². The second kappa shape index (κ2) is 6.59. The van der Waals surface area contributed by atoms with Crippen molar-refractivity contribution in [2.24, 2.45) is 0 Å². The molecule has 130 valence electrons. The highest BCUT2D eigenvalue weighted by Crippen LogP contribution is 2.40. The van der Waals surface area contributed by atoms with Gasteiger partial charge in [0, 0.05) is 0 Å². The summed E-state index contributed by atoms with van der Waals surface area (Å²) in [6.45, 7) is 5.40. The Bertz CT molecular complexity index is 754. The summed E-state index contributed by atoms with van der Waals surface area (Å²) in [5.41, 5.74) is 3.78. The van der Waals surface area contributed by atoms with Crippen LogP contribution in [0.1, 0.15) is 43.9 Å². The molecule has 1 saturated heterocycles. The Morgan fingerprint density at radius 3 is 2.00 bits per heavy atom. The molecule has 0 bridgehead atoms. The molecule has 0 spiro atoms. The van der Waals surface area contributed by atoms with Gasteiger partial charge in [-0.25, -0.2) is 9.80 Å². The molecule has 5 heteroatoms. The van der Waals surface area contributed by atoms with Gasteiger partial charge in [-0.05, 0) is 31.9 Å². The lowest BCUT2D eigenvalue weighted by Crippen LogP contribution is -2.43. The third-order valence-corrected chi connectivity index (χ3v) is 4.00. The number of hydrogen-bond acceptors (Lipinski definition) is 3. The molecule has 1 heterocycles. The van der Waals surface area contributed by atoms with Crippen LogP contribution in [0.3, 0.4) is 0 Å². The summed E-state index contributed by atoms with van der Waals surface area (Å²) >= 11 is 0. The fourth-order valence-electron chi connectivity index (χ4n) is 3.01. The Morgan fingerprint density at radius 1 is 0.960 bits per heavy atom. The molecule has 1 aliphatic heterocycles. The highest BCUT2D eigenvalue weighted by Gasteiger charge is 2.46. The molecule has 2 aromatic carbocycles. The summed E-state index contributed by atoms with van der Waals surface area (Å²) in [6, 6.07) is 18.5. The van der Waals surface area contributed by atoms with E-state index in [2.05, 4.69) is 5.43 Å². The fourth-order valence-corrected chi connectivity index (χ4v) is 3.01. The zero-order chi connectivity index (χ0) is 18.0. The predicted octanol–water partition coefficient (Wildman–Crippen LogP) is 3.79. The van der Waals surface area contributed by atoms with Gasteiger partial charge in [-0.1, -0.05) is 60.7 Å². The molecule has 2 unspecified atom stereocenters. The molecule has 0 radical (unpaired) electrons. The first-order valence-corrected chi connectivity index (χ1v) is 8.29. The minimum absolute atomic E-state index is 0.217. The number of amides is 2. The van der Waals surface area contributed by atoms with Gasteiger partial charge in [0.05, 0.1) is 12.0 Å². The van der Waals surface area contributed by atoms with Crippen molar-refractivity contribution in [2.75, 3.05) is 0 Å². The minimum atomic E-state index is -0.645. The van der Waals surface area contributed by atoms with Crippen LogP contribution in [0.4, 0.5) is 4.79 Å². The Morgan fingerprint density at radius 2 is 1.48 bits per heavy atom. The second-order valence-corrected chi connectivity index (χ2v) is 7.07. The molecule has 2 amide bonds. The van der Waals surface area contributed by atoms with Crippen LogP contribution in [0, 0.1) is 0 Å². The van der Waals surface area contributed by atoms with Crippen molar-refractivity contribution in [1.82, 2.24) is 10.4 Å². The highest BCUT2D eigenvalue weighted by molar-refractivity contribution is 5.90. The van der Waals surface area contributed by atoms with Gasteiger partial charge in [0.25, 0.3) is 0 Å². The Kier molecular flexibility index (Phi) is 4.49. The number of carbonyl (C=O) groups excluding carboxylic acids is 2. The molecule has 0 aromatic heterocycles. The molecule has 3 rings (SSSR count). The maximum absolute atomic E-state index is 12.7. The van der Waals surface area contributed by atoms with Crippen molar-refractivity contribution in [2.45, 2.75) is 38.3 Å². The van der Waals surface area contributed by atoms with Crippen LogP contribution in [0.15, 0.2) is 60.7 Å². The second-order valence-electron chi connectivity index (χ2n) is 7.07. The summed E-state index contributed by atoms with van der Waals surface area (Å²) in [5.74, 6) is -0.706. The first kappa shape index (κ1) is 17.0. The van der Waals surface area contributed by atoms with Crippen molar-refractivity contribution in [1.29, 1.82) is 0 Å². The number of hydrogen-bond donors (Lipinski definition) is 1. The molecule has 1 fully saturated rings. The van der Waals surface area contributed by atoms with Gasteiger partial charge < -0.3 is 4.74 Å². The van der Waals surface area contributed by atoms with Crippen molar-refractivity contribution in [3.8, 4) is 0 Å². The summed E-state index contributed by atoms with van der Waals surface area (Å²) in [6.07, 6.45) is -0.562. The average molecular weight is 338 g/mol. The quantitative estimate of drug-likeness (QED) is 0.906. The summed E-state index contributed by atoms with van der Waals surface area (Å²) in [4.78, 5) is 25.3. The minimum Gasteiger partial charge on any atom is -0.442 e. The molecule has 0 aliphatic carbocycles. The third kappa shape index (κ3) is 3.65. The van der Waals surface area contributed by atoms with Gasteiger partial charge in [0.1, 0.15) is 5.60 Å². The molecule has 1 aliphatic rings. The molecule has 2 atom stereocenters. The monoisotopic (exact) mass is 338 g/mol. The molecule has 5 nitrogen and oxygen atoms in total. The average Bonchev–Trinajstić information content (AvgIpc) is 2.92. The van der Waals surface area contributed by atoms with Crippen molar-refractivity contribution >= 4 is 12.0 Å². The van der Waals surface area contributed by atoms with Gasteiger partial charge in [-0.15, -0.1) is 0 Å². The largest absolute Gasteiger partial charge is 0.442 e. The lowest BCUT2D eigenvalue weighted by Gasteiger charge is -2.29. The normalized spacial score (nSPS) is 20.3. The Hall–Kier alpha value is -2.82. The number of nitrogens with zero attached hydrogens (tertiary/aromatic N) is 1. The van der Waals surface area contributed by atoms with E-state index in [1.54, 1.807) is 20.8 Å². The van der Waals surface area contributed by atoms with Crippen LogP contribution in [0.2, 0.25) is 0 Å². The number of carbonyl (C=O) groups is 2. The first-order chi connectivity index (χ1) is 11.9. The van der Waals surface area contributed by atoms with Crippen molar-refractivity contribution < 1.29 is 14.3 Å². The zero-order valence-corrected chi connectivity index (χ0v) is 14.6. The van der Waals surface area contributed by atoms with Crippen LogP contribution >= 0.6 is 0 Å². The van der Waals surface area contributed by atoms with E-state index in [9.17, 15) is 9.59 Å². The lowest BCUT2D eigenvalue weighted by atomic mass is 9.88. The van der Waals surface area contributed by atoms with E-state index in [0.29, 0.717) is 0 Å². The SMILES string of the molecule is CC(C)(C)OC(=O)N1NC(=O)C(c2ccccc2)C1c1ccccc1. The lowest BCUT2D eigenvalue weighted by molar-refractivity contribution is -0.122. The van der Waals surface area contributed by atoms with Gasteiger partial charge in [-0.3, -0.25) is 10.2 Å². The van der Waals surface area contributed by atoms with Gasteiger partial charge in [-0.2, -0.15) is 0 Å². The van der Waals surface area contributed by atoms with Crippen LogP contribution in [-0.2, 0) is 9.53 Å². The highest BCUT2D eigenvalue weighted by atomic mass is 16.6. The maximum Gasteiger partial charge on any atom is 0.429 e. The van der Waals surface area contributed by atoms with E-state index >= 15 is 0 Å². The van der Waals surface area contributed by atoms with Crippen LogP contribution in [0.25, 0.3) is 0 Å². The van der Waals surface area contributed by atoms with Gasteiger partial charge in [0.15, 0.2) is 0 Å². The molecule has 25 heavy (non-hydrogen) atoms. The molecule has 0 saturated carbocycles. The zero-order valence-electron chi connectivity index (χ0n) is 14.6. The molecule has 2 aromatic rings. The summed E-state index contributed by atoms with van der Waals surface area (Å²) in [7, 11) is 0. The van der Waals surface area contributed by atoms with E-state index in [0.717, 1.165) is 11.1 Å². The smallest absolute Gasteiger partial charge is 0.429 e. The van der Waals surface area contributed by atoms with E-state index in [4.69, 9.17) is 4.74 Å². The maximum atomic E-state index is 12.7.